The lowest BCUT2D eigenvalue weighted by molar-refractivity contribution is 0.527. The molecule has 0 bridgehead atoms. The lowest BCUT2D eigenvalue weighted by atomic mass is 9.98. The SMILES string of the molecule is CC(C)(C)c1ncc(CNC2CCCC2)s1. The van der Waals surface area contributed by atoms with Crippen molar-refractivity contribution in [2.24, 2.45) is 0 Å². The highest BCUT2D eigenvalue weighted by Gasteiger charge is 2.19. The van der Waals surface area contributed by atoms with E-state index in [1.807, 2.05) is 17.5 Å². The minimum atomic E-state index is 0.191. The summed E-state index contributed by atoms with van der Waals surface area (Å²) in [5.41, 5.74) is 0.191. The van der Waals surface area contributed by atoms with Gasteiger partial charge in [0.05, 0.1) is 5.01 Å². The van der Waals surface area contributed by atoms with E-state index in [2.05, 4.69) is 31.1 Å². The van der Waals surface area contributed by atoms with Gasteiger partial charge in [0, 0.05) is 29.1 Å². The lowest BCUT2D eigenvalue weighted by Gasteiger charge is -2.13. The molecular weight excluding hydrogens is 216 g/mol. The number of hydrogen-bond donors (Lipinski definition) is 1. The van der Waals surface area contributed by atoms with Crippen molar-refractivity contribution in [3.05, 3.63) is 16.1 Å². The van der Waals surface area contributed by atoms with Crippen LogP contribution in [0, 0.1) is 0 Å². The van der Waals surface area contributed by atoms with E-state index in [9.17, 15) is 0 Å². The first kappa shape index (κ1) is 12.1. The molecule has 1 aromatic rings. The van der Waals surface area contributed by atoms with Crippen LogP contribution in [0.4, 0.5) is 0 Å². The van der Waals surface area contributed by atoms with Gasteiger partial charge in [-0.1, -0.05) is 33.6 Å². The smallest absolute Gasteiger partial charge is 0.0981 e. The van der Waals surface area contributed by atoms with Crippen LogP contribution in [0.25, 0.3) is 0 Å². The fourth-order valence-corrected chi connectivity index (χ4v) is 3.03. The number of nitrogens with one attached hydrogen (secondary N) is 1. The van der Waals surface area contributed by atoms with Gasteiger partial charge in [0.15, 0.2) is 0 Å². The monoisotopic (exact) mass is 238 g/mol. The molecule has 90 valence electrons. The van der Waals surface area contributed by atoms with Crippen molar-refractivity contribution in [3.8, 4) is 0 Å². The van der Waals surface area contributed by atoms with E-state index >= 15 is 0 Å². The van der Waals surface area contributed by atoms with Crippen molar-refractivity contribution >= 4 is 11.3 Å². The lowest BCUT2D eigenvalue weighted by Crippen LogP contribution is -2.24. The fourth-order valence-electron chi connectivity index (χ4n) is 2.11. The van der Waals surface area contributed by atoms with Gasteiger partial charge < -0.3 is 5.32 Å². The highest BCUT2D eigenvalue weighted by Crippen LogP contribution is 2.27. The van der Waals surface area contributed by atoms with E-state index in [1.54, 1.807) is 0 Å². The van der Waals surface area contributed by atoms with E-state index in [0.29, 0.717) is 0 Å². The maximum Gasteiger partial charge on any atom is 0.0981 e. The second-order valence-electron chi connectivity index (χ2n) is 5.74. The molecule has 0 saturated heterocycles. The predicted octanol–water partition coefficient (Wildman–Crippen LogP) is 3.47. The Morgan fingerprint density at radius 1 is 1.38 bits per heavy atom. The van der Waals surface area contributed by atoms with Gasteiger partial charge in [-0.25, -0.2) is 4.98 Å². The quantitative estimate of drug-likeness (QED) is 0.872. The number of nitrogens with zero attached hydrogens (tertiary/aromatic N) is 1. The molecule has 0 aliphatic heterocycles. The zero-order valence-electron chi connectivity index (χ0n) is 10.5. The predicted molar refractivity (Wildman–Crippen MR) is 69.9 cm³/mol. The van der Waals surface area contributed by atoms with Crippen LogP contribution >= 0.6 is 11.3 Å². The van der Waals surface area contributed by atoms with Gasteiger partial charge in [-0.05, 0) is 12.8 Å². The maximum atomic E-state index is 4.51. The van der Waals surface area contributed by atoms with Crippen LogP contribution in [0.2, 0.25) is 0 Å². The largest absolute Gasteiger partial charge is 0.309 e. The van der Waals surface area contributed by atoms with Gasteiger partial charge in [0.1, 0.15) is 0 Å². The molecule has 0 atom stereocenters. The van der Waals surface area contributed by atoms with Crippen LogP contribution in [0.1, 0.15) is 56.3 Å². The van der Waals surface area contributed by atoms with Gasteiger partial charge in [0.2, 0.25) is 0 Å². The van der Waals surface area contributed by atoms with E-state index in [0.717, 1.165) is 12.6 Å². The van der Waals surface area contributed by atoms with E-state index < -0.39 is 0 Å². The van der Waals surface area contributed by atoms with Crippen molar-refractivity contribution in [3.63, 3.8) is 0 Å². The maximum absolute atomic E-state index is 4.51. The first-order chi connectivity index (χ1) is 7.55. The molecule has 0 spiro atoms. The number of thiazole rings is 1. The van der Waals surface area contributed by atoms with Gasteiger partial charge in [-0.15, -0.1) is 11.3 Å². The molecule has 2 rings (SSSR count). The fraction of sp³-hybridized carbons (Fsp3) is 0.769. The highest BCUT2D eigenvalue weighted by molar-refractivity contribution is 7.11. The molecule has 3 heteroatoms. The normalized spacial score (nSPS) is 18.2. The Hall–Kier alpha value is -0.410. The van der Waals surface area contributed by atoms with Crippen molar-refractivity contribution in [2.75, 3.05) is 0 Å². The van der Waals surface area contributed by atoms with Crippen LogP contribution in [0.5, 0.6) is 0 Å². The Balaban J connectivity index is 1.87. The first-order valence-electron chi connectivity index (χ1n) is 6.24. The third-order valence-corrected chi connectivity index (χ3v) is 4.54. The first-order valence-corrected chi connectivity index (χ1v) is 7.06. The molecule has 1 heterocycles. The summed E-state index contributed by atoms with van der Waals surface area (Å²) in [5, 5.41) is 4.88. The van der Waals surface area contributed by atoms with Crippen LogP contribution < -0.4 is 5.32 Å². The van der Waals surface area contributed by atoms with E-state index in [4.69, 9.17) is 0 Å². The molecule has 0 aromatic carbocycles. The Labute approximate surface area is 102 Å². The second kappa shape index (κ2) is 4.84. The Bertz CT molecular complexity index is 332. The third kappa shape index (κ3) is 3.05. The molecule has 1 fully saturated rings. The summed E-state index contributed by atoms with van der Waals surface area (Å²) >= 11 is 1.85. The highest BCUT2D eigenvalue weighted by atomic mass is 32.1. The molecule has 1 aromatic heterocycles. The summed E-state index contributed by atoms with van der Waals surface area (Å²) in [6.45, 7) is 7.67. The Kier molecular flexibility index (Phi) is 3.65. The van der Waals surface area contributed by atoms with Gasteiger partial charge in [-0.2, -0.15) is 0 Å². The minimum Gasteiger partial charge on any atom is -0.309 e. The van der Waals surface area contributed by atoms with Gasteiger partial charge in [0.25, 0.3) is 0 Å². The van der Waals surface area contributed by atoms with E-state index in [-0.39, 0.29) is 5.41 Å². The van der Waals surface area contributed by atoms with Gasteiger partial charge >= 0.3 is 0 Å². The average Bonchev–Trinajstić information content (AvgIpc) is 2.85. The van der Waals surface area contributed by atoms with Crippen LogP contribution in [-0.2, 0) is 12.0 Å². The summed E-state index contributed by atoms with van der Waals surface area (Å²) < 4.78 is 0. The number of aromatic nitrogens is 1. The average molecular weight is 238 g/mol. The van der Waals surface area contributed by atoms with Crippen molar-refractivity contribution in [2.45, 2.75) is 64.5 Å². The van der Waals surface area contributed by atoms with E-state index in [1.165, 1.54) is 35.6 Å². The Morgan fingerprint density at radius 3 is 2.62 bits per heavy atom. The molecule has 1 aliphatic carbocycles. The minimum absolute atomic E-state index is 0.191. The standard InChI is InChI=1S/C13H22N2S/c1-13(2,3)12-15-9-11(16-12)8-14-10-6-4-5-7-10/h9-10,14H,4-8H2,1-3H3. The van der Waals surface area contributed by atoms with Crippen molar-refractivity contribution < 1.29 is 0 Å². The van der Waals surface area contributed by atoms with Crippen LogP contribution in [0.3, 0.4) is 0 Å². The molecule has 0 unspecified atom stereocenters. The summed E-state index contributed by atoms with van der Waals surface area (Å²) in [4.78, 5) is 5.88. The molecule has 1 aliphatic rings. The topological polar surface area (TPSA) is 24.9 Å². The number of rotatable bonds is 3. The van der Waals surface area contributed by atoms with Gasteiger partial charge in [-0.3, -0.25) is 0 Å². The molecule has 1 saturated carbocycles. The molecule has 1 N–H and O–H groups in total. The molecule has 2 nitrogen and oxygen atoms in total. The second-order valence-corrected chi connectivity index (χ2v) is 6.86. The third-order valence-electron chi connectivity index (χ3n) is 3.12. The molecular formula is C13H22N2S. The molecule has 0 amide bonds. The summed E-state index contributed by atoms with van der Waals surface area (Å²) in [6.07, 6.45) is 7.53. The summed E-state index contributed by atoms with van der Waals surface area (Å²) in [7, 11) is 0. The van der Waals surface area contributed by atoms with Crippen LogP contribution in [0.15, 0.2) is 6.20 Å². The van der Waals surface area contributed by atoms with Crippen LogP contribution in [-0.4, -0.2) is 11.0 Å². The van der Waals surface area contributed by atoms with Crippen molar-refractivity contribution in [1.82, 2.24) is 10.3 Å². The molecule has 0 radical (unpaired) electrons. The Morgan fingerprint density at radius 2 is 2.06 bits per heavy atom. The number of hydrogen-bond acceptors (Lipinski definition) is 3. The summed E-state index contributed by atoms with van der Waals surface area (Å²) in [5.74, 6) is 0. The zero-order valence-corrected chi connectivity index (χ0v) is 11.4. The van der Waals surface area contributed by atoms with Crippen molar-refractivity contribution in [1.29, 1.82) is 0 Å². The molecule has 16 heavy (non-hydrogen) atoms. The zero-order chi connectivity index (χ0) is 11.6. The summed E-state index contributed by atoms with van der Waals surface area (Å²) in [6, 6.07) is 0.750.